The van der Waals surface area contributed by atoms with E-state index in [1.165, 1.54) is 38.5 Å². The molecular weight excluding hydrogens is 422 g/mol. The molecule has 5 aliphatic rings. The van der Waals surface area contributed by atoms with Crippen LogP contribution in [-0.4, -0.2) is 42.4 Å². The van der Waals surface area contributed by atoms with Crippen LogP contribution in [0.4, 0.5) is 0 Å². The molecule has 1 aliphatic heterocycles. The Balaban J connectivity index is 1.22. The third-order valence-corrected chi connectivity index (χ3v) is 11.2. The summed E-state index contributed by atoms with van der Waals surface area (Å²) in [4.78, 5) is 27.6. The lowest BCUT2D eigenvalue weighted by molar-refractivity contribution is -0.152. The van der Waals surface area contributed by atoms with Crippen molar-refractivity contribution in [2.24, 2.45) is 40.4 Å². The smallest absolute Gasteiger partial charge is 0.307 e. The lowest BCUT2D eigenvalue weighted by Gasteiger charge is -2.58. The summed E-state index contributed by atoms with van der Waals surface area (Å²) < 4.78 is 6.01. The number of esters is 1. The van der Waals surface area contributed by atoms with Gasteiger partial charge < -0.3 is 9.64 Å². The molecule has 0 radical (unpaired) electrons. The van der Waals surface area contributed by atoms with Gasteiger partial charge in [-0.25, -0.2) is 0 Å². The molecule has 190 valence electrons. The molecule has 4 aliphatic carbocycles. The first-order valence-corrected chi connectivity index (χ1v) is 14.3. The molecule has 1 heterocycles. The molecule has 0 aromatic carbocycles. The number of carbonyl (C=O) groups is 2. The predicted molar refractivity (Wildman–Crippen MR) is 135 cm³/mol. The van der Waals surface area contributed by atoms with E-state index in [4.69, 9.17) is 4.74 Å². The summed E-state index contributed by atoms with van der Waals surface area (Å²) in [6, 6.07) is 0. The van der Waals surface area contributed by atoms with E-state index in [1.807, 2.05) is 6.92 Å². The number of carbonyl (C=O) groups excluding carboxylic acids is 2. The van der Waals surface area contributed by atoms with E-state index in [0.29, 0.717) is 30.0 Å². The second-order valence-corrected chi connectivity index (χ2v) is 13.1. The molecule has 4 fully saturated rings. The molecule has 0 amide bonds. The van der Waals surface area contributed by atoms with E-state index in [-0.39, 0.29) is 28.8 Å². The van der Waals surface area contributed by atoms with Gasteiger partial charge >= 0.3 is 5.97 Å². The standard InChI is InChI=1S/C30H47NO3/c1-20-18-26-24-9-8-22-19-23(34-27(33)12-17-31-15-6-5-7-16-31)10-13-29(22,3)25(24)11-14-30(26,4)28(20)21(2)32/h8,20,23-26,28H,5-7,9-19H2,1-4H3/t20-,23-,24+,25-,26+,28+,29+,30+/m1/s1. The van der Waals surface area contributed by atoms with E-state index in [9.17, 15) is 9.59 Å². The van der Waals surface area contributed by atoms with Crippen LogP contribution in [0.3, 0.4) is 0 Å². The van der Waals surface area contributed by atoms with E-state index >= 15 is 0 Å². The van der Waals surface area contributed by atoms with Crippen LogP contribution in [0.15, 0.2) is 11.6 Å². The van der Waals surface area contributed by atoms with Crippen LogP contribution in [0.5, 0.6) is 0 Å². The van der Waals surface area contributed by atoms with Crippen LogP contribution in [-0.2, 0) is 14.3 Å². The number of allylic oxidation sites excluding steroid dienone is 1. The normalized spacial score (nSPS) is 44.4. The topological polar surface area (TPSA) is 46.6 Å². The number of fused-ring (bicyclic) bond motifs is 5. The highest BCUT2D eigenvalue weighted by Gasteiger charge is 2.61. The molecule has 0 spiro atoms. The van der Waals surface area contributed by atoms with Crippen molar-refractivity contribution in [1.82, 2.24) is 4.90 Å². The SMILES string of the molecule is CC(=O)[C@@H]1[C@H](C)C[C@H]2[C@H]3CC=C4C[C@H](OC(=O)CCN5CCCCC5)CC[C@]4(C)[C@@H]3CC[C@]12C. The third kappa shape index (κ3) is 4.20. The Hall–Kier alpha value is -1.16. The van der Waals surface area contributed by atoms with Crippen molar-refractivity contribution in [1.29, 1.82) is 0 Å². The summed E-state index contributed by atoms with van der Waals surface area (Å²) in [5, 5.41) is 0. The Morgan fingerprint density at radius 2 is 1.85 bits per heavy atom. The molecule has 0 aromatic heterocycles. The average Bonchev–Trinajstić information content (AvgIpc) is 3.08. The molecule has 5 rings (SSSR count). The Morgan fingerprint density at radius 1 is 1.09 bits per heavy atom. The number of piperidine rings is 1. The number of rotatable bonds is 5. The molecular formula is C30H47NO3. The van der Waals surface area contributed by atoms with Gasteiger partial charge in [0, 0.05) is 18.9 Å². The minimum Gasteiger partial charge on any atom is -0.462 e. The summed E-state index contributed by atoms with van der Waals surface area (Å²) in [7, 11) is 0. The first kappa shape index (κ1) is 24.5. The summed E-state index contributed by atoms with van der Waals surface area (Å²) in [6.45, 7) is 12.2. The zero-order chi connectivity index (χ0) is 24.1. The number of nitrogens with zero attached hydrogens (tertiary/aromatic N) is 1. The minimum atomic E-state index is -0.00267. The molecule has 3 saturated carbocycles. The van der Waals surface area contributed by atoms with Crippen molar-refractivity contribution in [2.75, 3.05) is 19.6 Å². The molecule has 0 unspecified atom stereocenters. The number of hydrogen-bond donors (Lipinski definition) is 0. The highest BCUT2D eigenvalue weighted by Crippen LogP contribution is 2.67. The number of ether oxygens (including phenoxy) is 1. The summed E-state index contributed by atoms with van der Waals surface area (Å²) in [5.74, 6) is 3.28. The van der Waals surface area contributed by atoms with Gasteiger partial charge in [-0.15, -0.1) is 0 Å². The number of likely N-dealkylation sites (tertiary alicyclic amines) is 1. The highest BCUT2D eigenvalue weighted by molar-refractivity contribution is 5.80. The van der Waals surface area contributed by atoms with E-state index in [1.54, 1.807) is 5.57 Å². The van der Waals surface area contributed by atoms with Crippen LogP contribution in [0, 0.1) is 40.4 Å². The molecule has 1 saturated heterocycles. The predicted octanol–water partition coefficient (Wildman–Crippen LogP) is 6.19. The van der Waals surface area contributed by atoms with Gasteiger partial charge in [0.05, 0.1) is 6.42 Å². The van der Waals surface area contributed by atoms with Crippen molar-refractivity contribution in [2.45, 2.75) is 104 Å². The first-order valence-electron chi connectivity index (χ1n) is 14.3. The Labute approximate surface area is 207 Å². The molecule has 4 nitrogen and oxygen atoms in total. The maximum Gasteiger partial charge on any atom is 0.307 e. The molecule has 8 atom stereocenters. The van der Waals surface area contributed by atoms with Gasteiger partial charge in [-0.1, -0.05) is 38.8 Å². The lowest BCUT2D eigenvalue weighted by atomic mass is 9.47. The maximum absolute atomic E-state index is 12.6. The number of hydrogen-bond acceptors (Lipinski definition) is 4. The summed E-state index contributed by atoms with van der Waals surface area (Å²) in [5.41, 5.74) is 2.00. The van der Waals surface area contributed by atoms with Gasteiger partial charge in [-0.3, -0.25) is 9.59 Å². The monoisotopic (exact) mass is 469 g/mol. The van der Waals surface area contributed by atoms with Gasteiger partial charge in [-0.2, -0.15) is 0 Å². The second-order valence-electron chi connectivity index (χ2n) is 13.1. The summed E-state index contributed by atoms with van der Waals surface area (Å²) >= 11 is 0. The Kier molecular flexibility index (Phi) is 6.76. The molecule has 0 N–H and O–H groups in total. The van der Waals surface area contributed by atoms with Gasteiger partial charge in [0.2, 0.25) is 0 Å². The van der Waals surface area contributed by atoms with Crippen molar-refractivity contribution < 1.29 is 14.3 Å². The van der Waals surface area contributed by atoms with Gasteiger partial charge in [0.25, 0.3) is 0 Å². The van der Waals surface area contributed by atoms with E-state index in [0.717, 1.165) is 51.2 Å². The first-order chi connectivity index (χ1) is 16.2. The number of Topliss-reactive ketones (excluding diaryl/α,β-unsaturated/α-hetero) is 1. The molecule has 0 bridgehead atoms. The van der Waals surface area contributed by atoms with Crippen molar-refractivity contribution in [3.63, 3.8) is 0 Å². The van der Waals surface area contributed by atoms with Crippen molar-refractivity contribution in [3.05, 3.63) is 11.6 Å². The second kappa shape index (κ2) is 9.37. The van der Waals surface area contributed by atoms with E-state index < -0.39 is 0 Å². The minimum absolute atomic E-state index is 0.00267. The van der Waals surface area contributed by atoms with E-state index in [2.05, 4.69) is 31.7 Å². The molecule has 34 heavy (non-hydrogen) atoms. The van der Waals surface area contributed by atoms with Crippen LogP contribution in [0.1, 0.15) is 98.3 Å². The van der Waals surface area contributed by atoms with Gasteiger partial charge in [0.1, 0.15) is 11.9 Å². The fourth-order valence-corrected chi connectivity index (χ4v) is 9.63. The largest absolute Gasteiger partial charge is 0.462 e. The zero-order valence-corrected chi connectivity index (χ0v) is 22.1. The Bertz CT molecular complexity index is 829. The summed E-state index contributed by atoms with van der Waals surface area (Å²) in [6.07, 6.45) is 14.9. The van der Waals surface area contributed by atoms with Gasteiger partial charge in [0.15, 0.2) is 0 Å². The van der Waals surface area contributed by atoms with Crippen LogP contribution < -0.4 is 0 Å². The maximum atomic E-state index is 12.6. The fourth-order valence-electron chi connectivity index (χ4n) is 9.63. The lowest BCUT2D eigenvalue weighted by Crippen LogP contribution is -2.51. The average molecular weight is 470 g/mol. The Morgan fingerprint density at radius 3 is 2.59 bits per heavy atom. The number of ketones is 1. The molecule has 0 aromatic rings. The van der Waals surface area contributed by atoms with Crippen LogP contribution in [0.25, 0.3) is 0 Å². The van der Waals surface area contributed by atoms with Crippen LogP contribution in [0.2, 0.25) is 0 Å². The van der Waals surface area contributed by atoms with Gasteiger partial charge in [-0.05, 0) is 106 Å². The molecule has 4 heteroatoms. The quantitative estimate of drug-likeness (QED) is 0.356. The van der Waals surface area contributed by atoms with Crippen molar-refractivity contribution >= 4 is 11.8 Å². The third-order valence-electron chi connectivity index (χ3n) is 11.2. The zero-order valence-electron chi connectivity index (χ0n) is 22.1. The van der Waals surface area contributed by atoms with Crippen LogP contribution >= 0.6 is 0 Å². The van der Waals surface area contributed by atoms with Crippen molar-refractivity contribution in [3.8, 4) is 0 Å². The highest BCUT2D eigenvalue weighted by atomic mass is 16.5. The fraction of sp³-hybridized carbons (Fsp3) is 0.867.